The predicted molar refractivity (Wildman–Crippen MR) is 95.1 cm³/mol. The van der Waals surface area contributed by atoms with E-state index in [-0.39, 0.29) is 5.56 Å². The third kappa shape index (κ3) is 2.86. The lowest BCUT2D eigenvalue weighted by Gasteiger charge is -2.13. The summed E-state index contributed by atoms with van der Waals surface area (Å²) in [6.07, 6.45) is 3.31. The molecule has 0 fully saturated rings. The highest BCUT2D eigenvalue weighted by atomic mass is 16.2. The molecule has 0 aliphatic carbocycles. The van der Waals surface area contributed by atoms with E-state index in [0.717, 1.165) is 15.7 Å². The maximum Gasteiger partial charge on any atom is 0.267 e. The Morgan fingerprint density at radius 1 is 1.19 bits per heavy atom. The Morgan fingerprint density at radius 3 is 2.81 bits per heavy atom. The minimum Gasteiger partial charge on any atom is -0.324 e. The van der Waals surface area contributed by atoms with Gasteiger partial charge >= 0.3 is 0 Å². The lowest BCUT2D eigenvalue weighted by atomic mass is 10.3. The van der Waals surface area contributed by atoms with Gasteiger partial charge in [0.05, 0.1) is 11.0 Å². The number of aromatic nitrogens is 6. The van der Waals surface area contributed by atoms with E-state index >= 15 is 0 Å². The Morgan fingerprint density at radius 2 is 2.04 bits per heavy atom. The molecule has 1 atom stereocenters. The normalized spacial score (nSPS) is 12.2. The summed E-state index contributed by atoms with van der Waals surface area (Å²) in [6, 6.07) is 11.3. The number of rotatable bonds is 4. The molecule has 1 amide bonds. The number of carbonyl (C=O) groups excluding carboxylic acids is 1. The van der Waals surface area contributed by atoms with Gasteiger partial charge in [0.15, 0.2) is 5.82 Å². The van der Waals surface area contributed by atoms with Gasteiger partial charge in [0.2, 0.25) is 5.95 Å². The molecule has 0 aliphatic rings. The van der Waals surface area contributed by atoms with Crippen molar-refractivity contribution >= 4 is 22.9 Å². The average molecular weight is 349 g/mol. The van der Waals surface area contributed by atoms with E-state index in [1.807, 2.05) is 24.3 Å². The van der Waals surface area contributed by atoms with Gasteiger partial charge < -0.3 is 4.98 Å². The van der Waals surface area contributed by atoms with E-state index in [0.29, 0.717) is 11.8 Å². The van der Waals surface area contributed by atoms with Gasteiger partial charge in [-0.05, 0) is 31.2 Å². The van der Waals surface area contributed by atoms with Crippen molar-refractivity contribution in [1.29, 1.82) is 0 Å². The molecular formula is C17H15N7O2. The Labute approximate surface area is 147 Å². The van der Waals surface area contributed by atoms with Crippen LogP contribution in [0.3, 0.4) is 0 Å². The van der Waals surface area contributed by atoms with E-state index in [1.165, 1.54) is 10.7 Å². The SMILES string of the molecule is C[C@@H](C(=O)Nc1nc2ccccc2[nH]1)n1nc(-n2cccn2)ccc1=O. The third-order valence-corrected chi connectivity index (χ3v) is 3.93. The first-order valence-electron chi connectivity index (χ1n) is 7.97. The second-order valence-electron chi connectivity index (χ2n) is 5.69. The summed E-state index contributed by atoms with van der Waals surface area (Å²) < 4.78 is 2.63. The van der Waals surface area contributed by atoms with Gasteiger partial charge in [-0.2, -0.15) is 5.10 Å². The maximum atomic E-state index is 12.5. The fraction of sp³-hybridized carbons (Fsp3) is 0.118. The maximum absolute atomic E-state index is 12.5. The first-order chi connectivity index (χ1) is 12.6. The van der Waals surface area contributed by atoms with Crippen molar-refractivity contribution < 1.29 is 4.79 Å². The highest BCUT2D eigenvalue weighted by molar-refractivity contribution is 5.93. The fourth-order valence-electron chi connectivity index (χ4n) is 2.56. The topological polar surface area (TPSA) is 110 Å². The number of H-pyrrole nitrogens is 1. The van der Waals surface area contributed by atoms with Crippen LogP contribution in [0.1, 0.15) is 13.0 Å². The Bertz CT molecular complexity index is 1090. The number of anilines is 1. The van der Waals surface area contributed by atoms with Crippen LogP contribution in [0.15, 0.2) is 59.7 Å². The molecule has 0 spiro atoms. The molecule has 9 nitrogen and oxygen atoms in total. The van der Waals surface area contributed by atoms with Gasteiger partial charge in [0.25, 0.3) is 11.5 Å². The first kappa shape index (κ1) is 15.8. The van der Waals surface area contributed by atoms with E-state index in [9.17, 15) is 9.59 Å². The average Bonchev–Trinajstić information content (AvgIpc) is 3.30. The molecule has 9 heteroatoms. The van der Waals surface area contributed by atoms with Crippen LogP contribution >= 0.6 is 0 Å². The summed E-state index contributed by atoms with van der Waals surface area (Å²) in [5.41, 5.74) is 1.17. The molecule has 3 heterocycles. The summed E-state index contributed by atoms with van der Waals surface area (Å²) in [4.78, 5) is 32.0. The summed E-state index contributed by atoms with van der Waals surface area (Å²) in [7, 11) is 0. The van der Waals surface area contributed by atoms with Gasteiger partial charge in [0.1, 0.15) is 6.04 Å². The zero-order valence-electron chi connectivity index (χ0n) is 13.8. The number of imidazole rings is 1. The van der Waals surface area contributed by atoms with Crippen LogP contribution in [0, 0.1) is 0 Å². The van der Waals surface area contributed by atoms with Crippen molar-refractivity contribution in [3.63, 3.8) is 0 Å². The van der Waals surface area contributed by atoms with Gasteiger partial charge in [-0.15, -0.1) is 5.10 Å². The zero-order valence-corrected chi connectivity index (χ0v) is 13.8. The number of hydrogen-bond acceptors (Lipinski definition) is 5. The highest BCUT2D eigenvalue weighted by Crippen LogP contribution is 2.14. The summed E-state index contributed by atoms with van der Waals surface area (Å²) >= 11 is 0. The van der Waals surface area contributed by atoms with Crippen LogP contribution in [0.4, 0.5) is 5.95 Å². The van der Waals surface area contributed by atoms with Gasteiger partial charge in [-0.25, -0.2) is 14.3 Å². The number of fused-ring (bicyclic) bond motifs is 1. The molecule has 0 radical (unpaired) electrons. The largest absolute Gasteiger partial charge is 0.324 e. The van der Waals surface area contributed by atoms with Crippen molar-refractivity contribution in [3.8, 4) is 5.82 Å². The molecule has 0 unspecified atom stereocenters. The monoisotopic (exact) mass is 349 g/mol. The number of hydrogen-bond donors (Lipinski definition) is 2. The van der Waals surface area contributed by atoms with E-state index < -0.39 is 11.9 Å². The molecule has 1 aromatic carbocycles. The lowest BCUT2D eigenvalue weighted by molar-refractivity contribution is -0.119. The molecule has 3 aromatic heterocycles. The minimum atomic E-state index is -0.828. The number of nitrogens with one attached hydrogen (secondary N) is 2. The summed E-state index contributed by atoms with van der Waals surface area (Å²) in [6.45, 7) is 1.60. The van der Waals surface area contributed by atoms with Crippen LogP contribution < -0.4 is 10.9 Å². The van der Waals surface area contributed by atoms with Crippen molar-refractivity contribution in [1.82, 2.24) is 29.5 Å². The molecule has 26 heavy (non-hydrogen) atoms. The standard InChI is InChI=1S/C17H15N7O2/c1-11(16(26)21-17-19-12-5-2-3-6-13(12)20-17)24-15(25)8-7-14(22-24)23-10-4-9-18-23/h2-11H,1H3,(H2,19,20,21,26)/t11-/m0/s1. The van der Waals surface area contributed by atoms with Crippen LogP contribution in [0.2, 0.25) is 0 Å². The van der Waals surface area contributed by atoms with E-state index in [4.69, 9.17) is 0 Å². The Hall–Kier alpha value is -3.75. The van der Waals surface area contributed by atoms with E-state index in [1.54, 1.807) is 31.5 Å². The summed E-state index contributed by atoms with van der Waals surface area (Å²) in [5, 5.41) is 11.0. The molecule has 2 N–H and O–H groups in total. The molecule has 0 bridgehead atoms. The number of aromatic amines is 1. The fourth-order valence-corrected chi connectivity index (χ4v) is 2.56. The van der Waals surface area contributed by atoms with Gasteiger partial charge in [-0.3, -0.25) is 14.9 Å². The van der Waals surface area contributed by atoms with Crippen molar-refractivity contribution in [2.45, 2.75) is 13.0 Å². The highest BCUT2D eigenvalue weighted by Gasteiger charge is 2.19. The smallest absolute Gasteiger partial charge is 0.267 e. The number of amides is 1. The second-order valence-corrected chi connectivity index (χ2v) is 5.69. The Kier molecular flexibility index (Phi) is 3.81. The Balaban J connectivity index is 1.60. The number of carbonyl (C=O) groups is 1. The molecule has 0 saturated carbocycles. The molecule has 4 aromatic rings. The van der Waals surface area contributed by atoms with E-state index in [2.05, 4.69) is 25.5 Å². The minimum absolute atomic E-state index is 0.319. The van der Waals surface area contributed by atoms with Crippen molar-refractivity contribution in [3.05, 3.63) is 65.2 Å². The number of para-hydroxylation sites is 2. The molecule has 0 saturated heterocycles. The summed E-state index contributed by atoms with van der Waals surface area (Å²) in [5.74, 6) is 0.355. The van der Waals surface area contributed by atoms with Crippen LogP contribution in [0.5, 0.6) is 0 Å². The zero-order chi connectivity index (χ0) is 18.1. The molecular weight excluding hydrogens is 334 g/mol. The van der Waals surface area contributed by atoms with Crippen LogP contribution in [-0.2, 0) is 4.79 Å². The second kappa shape index (κ2) is 6.28. The predicted octanol–water partition coefficient (Wildman–Crippen LogP) is 1.50. The quantitative estimate of drug-likeness (QED) is 0.580. The van der Waals surface area contributed by atoms with Crippen LogP contribution in [-0.4, -0.2) is 35.4 Å². The van der Waals surface area contributed by atoms with Gasteiger partial charge in [0, 0.05) is 18.5 Å². The van der Waals surface area contributed by atoms with Crippen molar-refractivity contribution in [2.24, 2.45) is 0 Å². The molecule has 4 rings (SSSR count). The number of nitrogens with zero attached hydrogens (tertiary/aromatic N) is 5. The van der Waals surface area contributed by atoms with Crippen LogP contribution in [0.25, 0.3) is 16.9 Å². The number of benzene rings is 1. The van der Waals surface area contributed by atoms with Gasteiger partial charge in [-0.1, -0.05) is 12.1 Å². The molecule has 130 valence electrons. The molecule has 0 aliphatic heterocycles. The lowest BCUT2D eigenvalue weighted by Crippen LogP contribution is -2.33. The first-order valence-corrected chi connectivity index (χ1v) is 7.97. The third-order valence-electron chi connectivity index (χ3n) is 3.93. The van der Waals surface area contributed by atoms with Crippen molar-refractivity contribution in [2.75, 3.05) is 5.32 Å².